The summed E-state index contributed by atoms with van der Waals surface area (Å²) in [6.45, 7) is 3.38. The number of halogens is 1. The molecule has 144 valence electrons. The first-order chi connectivity index (χ1) is 12.0. The van der Waals surface area contributed by atoms with E-state index in [2.05, 4.69) is 5.32 Å². The topological polar surface area (TPSA) is 83.6 Å². The Kier molecular flexibility index (Phi) is 6.05. The summed E-state index contributed by atoms with van der Waals surface area (Å²) < 4.78 is 36.1. The molecule has 0 bridgehead atoms. The van der Waals surface area contributed by atoms with Gasteiger partial charge in [0.15, 0.2) is 9.84 Å². The molecule has 2 amide bonds. The summed E-state index contributed by atoms with van der Waals surface area (Å²) in [4.78, 5) is 26.5. The zero-order valence-electron chi connectivity index (χ0n) is 15.3. The van der Waals surface area contributed by atoms with Crippen LogP contribution in [-0.4, -0.2) is 56.3 Å². The molecule has 1 saturated heterocycles. The van der Waals surface area contributed by atoms with Gasteiger partial charge in [-0.2, -0.15) is 0 Å². The molecule has 1 fully saturated rings. The van der Waals surface area contributed by atoms with Crippen molar-refractivity contribution in [1.29, 1.82) is 0 Å². The second-order valence-corrected chi connectivity index (χ2v) is 9.46. The fourth-order valence-corrected chi connectivity index (χ4v) is 4.75. The van der Waals surface area contributed by atoms with Crippen LogP contribution in [0.1, 0.15) is 25.8 Å². The molecule has 2 rings (SSSR count). The van der Waals surface area contributed by atoms with E-state index in [0.717, 1.165) is 5.56 Å². The number of sulfone groups is 1. The van der Waals surface area contributed by atoms with Gasteiger partial charge in [0, 0.05) is 19.6 Å². The Labute approximate surface area is 153 Å². The van der Waals surface area contributed by atoms with Crippen LogP contribution in [0.3, 0.4) is 0 Å². The van der Waals surface area contributed by atoms with Gasteiger partial charge >= 0.3 is 0 Å². The van der Waals surface area contributed by atoms with Crippen molar-refractivity contribution in [3.05, 3.63) is 35.6 Å². The lowest BCUT2D eigenvalue weighted by Gasteiger charge is -2.31. The smallest absolute Gasteiger partial charge is 0.237 e. The first-order valence-corrected chi connectivity index (χ1v) is 10.4. The summed E-state index contributed by atoms with van der Waals surface area (Å²) in [5.74, 6) is -1.13. The highest BCUT2D eigenvalue weighted by atomic mass is 32.2. The first kappa shape index (κ1) is 20.4. The van der Waals surface area contributed by atoms with Crippen molar-refractivity contribution in [2.75, 3.05) is 25.1 Å². The van der Waals surface area contributed by atoms with Gasteiger partial charge in [-0.25, -0.2) is 12.8 Å². The van der Waals surface area contributed by atoms with Crippen LogP contribution in [-0.2, 0) is 25.8 Å². The molecule has 0 radical (unpaired) electrons. The number of carbonyl (C=O) groups is 2. The maximum Gasteiger partial charge on any atom is 0.237 e. The second-order valence-electron chi connectivity index (χ2n) is 7.23. The summed E-state index contributed by atoms with van der Waals surface area (Å²) in [6.07, 6.45) is 0.917. The molecule has 1 atom stereocenters. The average Bonchev–Trinajstić information content (AvgIpc) is 2.95. The second kappa shape index (κ2) is 7.73. The summed E-state index contributed by atoms with van der Waals surface area (Å²) in [5, 5.41) is 2.73. The van der Waals surface area contributed by atoms with Gasteiger partial charge in [0.2, 0.25) is 11.8 Å². The van der Waals surface area contributed by atoms with Crippen molar-refractivity contribution < 1.29 is 22.4 Å². The van der Waals surface area contributed by atoms with Crippen molar-refractivity contribution in [1.82, 2.24) is 10.2 Å². The van der Waals surface area contributed by atoms with Crippen LogP contribution in [0.15, 0.2) is 24.3 Å². The maximum atomic E-state index is 12.9. The fourth-order valence-electron chi connectivity index (χ4n) is 2.98. The molecule has 0 aromatic heterocycles. The maximum absolute atomic E-state index is 12.9. The predicted molar refractivity (Wildman–Crippen MR) is 96.7 cm³/mol. The Morgan fingerprint density at radius 2 is 1.88 bits per heavy atom. The van der Waals surface area contributed by atoms with E-state index < -0.39 is 33.1 Å². The van der Waals surface area contributed by atoms with Crippen LogP contribution >= 0.6 is 0 Å². The zero-order chi connectivity index (χ0) is 19.5. The van der Waals surface area contributed by atoms with Gasteiger partial charge in [-0.05, 0) is 44.4 Å². The highest BCUT2D eigenvalue weighted by molar-refractivity contribution is 7.91. The van der Waals surface area contributed by atoms with Gasteiger partial charge in [-0.3, -0.25) is 9.59 Å². The van der Waals surface area contributed by atoms with E-state index in [4.69, 9.17) is 0 Å². The molecule has 1 heterocycles. The first-order valence-electron chi connectivity index (χ1n) is 8.53. The van der Waals surface area contributed by atoms with Crippen molar-refractivity contribution >= 4 is 21.7 Å². The van der Waals surface area contributed by atoms with Gasteiger partial charge < -0.3 is 10.2 Å². The fraction of sp³-hybridized carbons (Fsp3) is 0.556. The predicted octanol–water partition coefficient (Wildman–Crippen LogP) is 1.16. The summed E-state index contributed by atoms with van der Waals surface area (Å²) in [6, 6.07) is 5.61. The number of rotatable bonds is 6. The molecule has 0 spiro atoms. The minimum atomic E-state index is -3.11. The lowest BCUT2D eigenvalue weighted by atomic mass is 9.89. The van der Waals surface area contributed by atoms with Crippen molar-refractivity contribution in [3.63, 3.8) is 0 Å². The van der Waals surface area contributed by atoms with Crippen LogP contribution in [0.25, 0.3) is 0 Å². The third kappa shape index (κ3) is 4.81. The quantitative estimate of drug-likeness (QED) is 0.746. The average molecular weight is 384 g/mol. The van der Waals surface area contributed by atoms with E-state index >= 15 is 0 Å². The molecule has 0 aliphatic carbocycles. The largest absolute Gasteiger partial charge is 0.355 e. The molecular weight excluding hydrogens is 359 g/mol. The van der Waals surface area contributed by atoms with E-state index in [9.17, 15) is 22.4 Å². The normalized spacial score (nSPS) is 19.2. The lowest BCUT2D eigenvalue weighted by molar-refractivity contribution is -0.148. The van der Waals surface area contributed by atoms with Gasteiger partial charge in [0.05, 0.1) is 11.5 Å². The van der Waals surface area contributed by atoms with Crippen molar-refractivity contribution in [2.45, 2.75) is 32.7 Å². The molecule has 1 aromatic carbocycles. The van der Waals surface area contributed by atoms with E-state index in [1.165, 1.54) is 30.9 Å². The molecular formula is C18H25FN2O4S. The standard InChI is InChI=1S/C18H25FN2O4S/c1-18(2,17(23)21(3)15-9-11-26(24,25)12-15)16(22)20-10-8-13-4-6-14(19)7-5-13/h4-7,15H,8-12H2,1-3H3,(H,20,22). The van der Waals surface area contributed by atoms with E-state index in [1.807, 2.05) is 0 Å². The summed E-state index contributed by atoms with van der Waals surface area (Å²) in [5.41, 5.74) is -0.423. The summed E-state index contributed by atoms with van der Waals surface area (Å²) >= 11 is 0. The molecule has 8 heteroatoms. The highest BCUT2D eigenvalue weighted by Gasteiger charge is 2.42. The monoisotopic (exact) mass is 384 g/mol. The zero-order valence-corrected chi connectivity index (χ0v) is 16.1. The Morgan fingerprint density at radius 1 is 1.27 bits per heavy atom. The third-order valence-electron chi connectivity index (χ3n) is 4.79. The Bertz CT molecular complexity index is 775. The van der Waals surface area contributed by atoms with Crippen LogP contribution in [0.5, 0.6) is 0 Å². The van der Waals surface area contributed by atoms with Crippen LogP contribution < -0.4 is 5.32 Å². The highest BCUT2D eigenvalue weighted by Crippen LogP contribution is 2.24. The molecule has 26 heavy (non-hydrogen) atoms. The van der Waals surface area contributed by atoms with Gasteiger partial charge in [-0.1, -0.05) is 12.1 Å². The number of hydrogen-bond acceptors (Lipinski definition) is 4. The number of benzene rings is 1. The molecule has 1 aromatic rings. The SMILES string of the molecule is CN(C(=O)C(C)(C)C(=O)NCCc1ccc(F)cc1)C1CCS(=O)(=O)C1. The van der Waals surface area contributed by atoms with Crippen LogP contribution in [0.2, 0.25) is 0 Å². The molecule has 1 unspecified atom stereocenters. The molecule has 1 aliphatic heterocycles. The van der Waals surface area contributed by atoms with Crippen molar-refractivity contribution in [3.8, 4) is 0 Å². The number of carbonyl (C=O) groups excluding carboxylic acids is 2. The van der Waals surface area contributed by atoms with E-state index in [0.29, 0.717) is 19.4 Å². The Hall–Kier alpha value is -1.96. The van der Waals surface area contributed by atoms with Crippen molar-refractivity contribution in [2.24, 2.45) is 5.41 Å². The van der Waals surface area contributed by atoms with Gasteiger partial charge in [-0.15, -0.1) is 0 Å². The van der Waals surface area contributed by atoms with Crippen LogP contribution in [0.4, 0.5) is 4.39 Å². The Balaban J connectivity index is 1.91. The molecule has 6 nitrogen and oxygen atoms in total. The molecule has 0 saturated carbocycles. The van der Waals surface area contributed by atoms with Gasteiger partial charge in [0.1, 0.15) is 11.2 Å². The van der Waals surface area contributed by atoms with E-state index in [-0.39, 0.29) is 17.3 Å². The minimum absolute atomic E-state index is 0.0580. The third-order valence-corrected chi connectivity index (χ3v) is 6.54. The van der Waals surface area contributed by atoms with Crippen LogP contribution in [0, 0.1) is 11.2 Å². The number of hydrogen-bond donors (Lipinski definition) is 1. The summed E-state index contributed by atoms with van der Waals surface area (Å²) in [7, 11) is -1.57. The number of amides is 2. The minimum Gasteiger partial charge on any atom is -0.355 e. The Morgan fingerprint density at radius 3 is 2.42 bits per heavy atom. The molecule has 1 N–H and O–H groups in total. The van der Waals surface area contributed by atoms with E-state index in [1.54, 1.807) is 19.2 Å². The lowest BCUT2D eigenvalue weighted by Crippen LogP contribution is -2.51. The molecule has 1 aliphatic rings. The van der Waals surface area contributed by atoms with Gasteiger partial charge in [0.25, 0.3) is 0 Å². The number of nitrogens with zero attached hydrogens (tertiary/aromatic N) is 1. The number of nitrogens with one attached hydrogen (secondary N) is 1.